The predicted octanol–water partition coefficient (Wildman–Crippen LogP) is 1.25. The van der Waals surface area contributed by atoms with Gasteiger partial charge in [0.25, 0.3) is 5.91 Å². The molecule has 1 aromatic carbocycles. The van der Waals surface area contributed by atoms with Crippen LogP contribution in [0.5, 0.6) is 0 Å². The van der Waals surface area contributed by atoms with Crippen molar-refractivity contribution in [1.29, 1.82) is 0 Å². The zero-order chi connectivity index (χ0) is 14.3. The van der Waals surface area contributed by atoms with Gasteiger partial charge in [0.1, 0.15) is 0 Å². The number of halogens is 1. The third-order valence-corrected chi connectivity index (χ3v) is 3.72. The Labute approximate surface area is 119 Å². The third kappa shape index (κ3) is 2.12. The van der Waals surface area contributed by atoms with Crippen molar-refractivity contribution in [3.05, 3.63) is 34.9 Å². The van der Waals surface area contributed by atoms with E-state index in [2.05, 4.69) is 5.16 Å². The molecular weight excluding hydrogens is 284 g/mol. The first kappa shape index (κ1) is 12.9. The molecule has 6 nitrogen and oxygen atoms in total. The van der Waals surface area contributed by atoms with E-state index in [1.807, 2.05) is 0 Å². The molecule has 0 saturated carbocycles. The summed E-state index contributed by atoms with van der Waals surface area (Å²) in [4.78, 5) is 30.0. The number of carboxylic acid groups (broad SMARTS) is 1. The lowest BCUT2D eigenvalue weighted by Crippen LogP contribution is -2.31. The van der Waals surface area contributed by atoms with Crippen LogP contribution in [0.1, 0.15) is 10.4 Å². The van der Waals surface area contributed by atoms with E-state index in [1.54, 1.807) is 29.2 Å². The van der Waals surface area contributed by atoms with E-state index in [9.17, 15) is 9.59 Å². The summed E-state index contributed by atoms with van der Waals surface area (Å²) in [6, 6.07) is 6.66. The van der Waals surface area contributed by atoms with Gasteiger partial charge in [-0.1, -0.05) is 22.8 Å². The highest BCUT2D eigenvalue weighted by molar-refractivity contribution is 6.37. The Morgan fingerprint density at radius 3 is 2.90 bits per heavy atom. The number of likely N-dealkylation sites (tertiary alicyclic amines) is 1. The van der Waals surface area contributed by atoms with Gasteiger partial charge >= 0.3 is 5.97 Å². The number of amides is 1. The first-order valence-corrected chi connectivity index (χ1v) is 6.46. The SMILES string of the molecule is O=C(O)C1=NOC2CN(C(=O)c3cccc(Cl)c3)CC12. The van der Waals surface area contributed by atoms with E-state index in [4.69, 9.17) is 21.5 Å². The number of benzene rings is 1. The molecule has 2 unspecified atom stereocenters. The molecule has 1 N–H and O–H groups in total. The summed E-state index contributed by atoms with van der Waals surface area (Å²) in [7, 11) is 0. The second-order valence-electron chi connectivity index (χ2n) is 4.75. The molecule has 104 valence electrons. The monoisotopic (exact) mass is 294 g/mol. The summed E-state index contributed by atoms with van der Waals surface area (Å²) < 4.78 is 0. The topological polar surface area (TPSA) is 79.2 Å². The molecule has 0 aromatic heterocycles. The molecule has 7 heteroatoms. The van der Waals surface area contributed by atoms with E-state index in [0.717, 1.165) is 0 Å². The molecule has 3 rings (SSSR count). The number of hydrogen-bond acceptors (Lipinski definition) is 4. The Hall–Kier alpha value is -2.08. The largest absolute Gasteiger partial charge is 0.477 e. The minimum Gasteiger partial charge on any atom is -0.477 e. The van der Waals surface area contributed by atoms with Crippen LogP contribution in [0.4, 0.5) is 0 Å². The molecule has 2 aliphatic heterocycles. The quantitative estimate of drug-likeness (QED) is 0.890. The van der Waals surface area contributed by atoms with Gasteiger partial charge in [0, 0.05) is 17.1 Å². The van der Waals surface area contributed by atoms with Gasteiger partial charge in [-0.2, -0.15) is 0 Å². The van der Waals surface area contributed by atoms with Crippen LogP contribution < -0.4 is 0 Å². The lowest BCUT2D eigenvalue weighted by atomic mass is 10.0. The smallest absolute Gasteiger partial charge is 0.354 e. The number of aliphatic carboxylic acids is 1. The Morgan fingerprint density at radius 1 is 1.40 bits per heavy atom. The number of nitrogens with zero attached hydrogens (tertiary/aromatic N) is 2. The van der Waals surface area contributed by atoms with Gasteiger partial charge in [0.15, 0.2) is 11.8 Å². The Morgan fingerprint density at radius 2 is 2.20 bits per heavy atom. The van der Waals surface area contributed by atoms with Crippen LogP contribution in [-0.4, -0.2) is 46.8 Å². The predicted molar refractivity (Wildman–Crippen MR) is 70.8 cm³/mol. The number of fused-ring (bicyclic) bond motifs is 1. The van der Waals surface area contributed by atoms with Crippen molar-refractivity contribution in [2.45, 2.75) is 6.10 Å². The van der Waals surface area contributed by atoms with Gasteiger partial charge in [0.2, 0.25) is 0 Å². The van der Waals surface area contributed by atoms with Crippen LogP contribution in [0.25, 0.3) is 0 Å². The van der Waals surface area contributed by atoms with E-state index < -0.39 is 5.97 Å². The minimum absolute atomic E-state index is 0.0172. The number of rotatable bonds is 2. The first-order chi connectivity index (χ1) is 9.56. The normalized spacial score (nSPS) is 24.1. The maximum absolute atomic E-state index is 12.3. The molecule has 1 aromatic rings. The molecule has 0 aliphatic carbocycles. The van der Waals surface area contributed by atoms with Gasteiger partial charge in [-0.3, -0.25) is 4.79 Å². The summed E-state index contributed by atoms with van der Waals surface area (Å²) >= 11 is 5.86. The second kappa shape index (κ2) is 4.79. The maximum Gasteiger partial charge on any atom is 0.354 e. The summed E-state index contributed by atoms with van der Waals surface area (Å²) in [5.41, 5.74) is 0.461. The third-order valence-electron chi connectivity index (χ3n) is 3.48. The summed E-state index contributed by atoms with van der Waals surface area (Å²) in [5, 5.41) is 13.1. The molecule has 0 bridgehead atoms. The minimum atomic E-state index is -1.10. The van der Waals surface area contributed by atoms with Gasteiger partial charge in [-0.25, -0.2) is 4.79 Å². The molecular formula is C13H11ClN2O4. The van der Waals surface area contributed by atoms with Crippen molar-refractivity contribution in [3.63, 3.8) is 0 Å². The Kier molecular flexibility index (Phi) is 3.10. The number of carboxylic acids is 1. The van der Waals surface area contributed by atoms with Crippen LogP contribution in [0.15, 0.2) is 29.4 Å². The van der Waals surface area contributed by atoms with E-state index >= 15 is 0 Å². The van der Waals surface area contributed by atoms with Crippen molar-refractivity contribution in [1.82, 2.24) is 4.90 Å². The molecule has 2 atom stereocenters. The fourth-order valence-electron chi connectivity index (χ4n) is 2.50. The lowest BCUT2D eigenvalue weighted by molar-refractivity contribution is -0.129. The molecule has 1 fully saturated rings. The van der Waals surface area contributed by atoms with Crippen molar-refractivity contribution in [2.24, 2.45) is 11.1 Å². The highest BCUT2D eigenvalue weighted by atomic mass is 35.5. The summed E-state index contributed by atoms with van der Waals surface area (Å²) in [5.74, 6) is -1.65. The fourth-order valence-corrected chi connectivity index (χ4v) is 2.69. The standard InChI is InChI=1S/C13H11ClN2O4/c14-8-3-1-2-7(4-8)12(17)16-5-9-10(6-16)20-15-11(9)13(18)19/h1-4,9-10H,5-6H2,(H,18,19). The molecule has 0 radical (unpaired) electrons. The van der Waals surface area contributed by atoms with Gasteiger partial charge < -0.3 is 14.8 Å². The molecule has 0 spiro atoms. The van der Waals surface area contributed by atoms with Crippen LogP contribution in [0.3, 0.4) is 0 Å². The van der Waals surface area contributed by atoms with Crippen molar-refractivity contribution < 1.29 is 19.5 Å². The molecule has 20 heavy (non-hydrogen) atoms. The zero-order valence-electron chi connectivity index (χ0n) is 10.3. The van der Waals surface area contributed by atoms with Crippen LogP contribution in [-0.2, 0) is 9.63 Å². The van der Waals surface area contributed by atoms with E-state index in [1.165, 1.54) is 0 Å². The van der Waals surface area contributed by atoms with Gasteiger partial charge in [0.05, 0.1) is 12.5 Å². The summed E-state index contributed by atoms with van der Waals surface area (Å²) in [6.07, 6.45) is -0.371. The van der Waals surface area contributed by atoms with Crippen molar-refractivity contribution >= 4 is 29.2 Å². The fraction of sp³-hybridized carbons (Fsp3) is 0.308. The Bertz CT molecular complexity index is 616. The Balaban J connectivity index is 1.77. The van der Waals surface area contributed by atoms with Gasteiger partial charge in [-0.15, -0.1) is 0 Å². The van der Waals surface area contributed by atoms with Gasteiger partial charge in [-0.05, 0) is 18.2 Å². The highest BCUT2D eigenvalue weighted by Gasteiger charge is 2.46. The molecule has 1 amide bonds. The van der Waals surface area contributed by atoms with Crippen molar-refractivity contribution in [3.8, 4) is 0 Å². The average molecular weight is 295 g/mol. The summed E-state index contributed by atoms with van der Waals surface area (Å²) in [6.45, 7) is 0.622. The molecule has 2 aliphatic rings. The maximum atomic E-state index is 12.3. The number of carbonyl (C=O) groups is 2. The zero-order valence-corrected chi connectivity index (χ0v) is 11.1. The molecule has 1 saturated heterocycles. The highest BCUT2D eigenvalue weighted by Crippen LogP contribution is 2.28. The number of hydrogen-bond donors (Lipinski definition) is 1. The first-order valence-electron chi connectivity index (χ1n) is 6.08. The van der Waals surface area contributed by atoms with Crippen LogP contribution >= 0.6 is 11.6 Å². The molecule has 2 heterocycles. The van der Waals surface area contributed by atoms with Crippen LogP contribution in [0.2, 0.25) is 5.02 Å². The van der Waals surface area contributed by atoms with E-state index in [-0.39, 0.29) is 23.6 Å². The second-order valence-corrected chi connectivity index (χ2v) is 5.19. The number of carbonyl (C=O) groups excluding carboxylic acids is 1. The van der Waals surface area contributed by atoms with E-state index in [0.29, 0.717) is 23.7 Å². The average Bonchev–Trinajstić information content (AvgIpc) is 2.96. The van der Waals surface area contributed by atoms with Crippen LogP contribution in [0, 0.1) is 5.92 Å². The number of oxime groups is 1. The lowest BCUT2D eigenvalue weighted by Gasteiger charge is -2.16. The van der Waals surface area contributed by atoms with Crippen molar-refractivity contribution in [2.75, 3.05) is 13.1 Å².